The minimum atomic E-state index is -0.0903. The maximum absolute atomic E-state index is 9.32. The van der Waals surface area contributed by atoms with Crippen LogP contribution in [0.3, 0.4) is 0 Å². The second-order valence-electron chi connectivity index (χ2n) is 3.35. The molecule has 0 radical (unpaired) electrons. The summed E-state index contributed by atoms with van der Waals surface area (Å²) in [4.78, 5) is 0. The third-order valence-corrected chi connectivity index (χ3v) is 3.17. The topological polar surface area (TPSA) is 23.5 Å². The van der Waals surface area contributed by atoms with Crippen LogP contribution in [0.2, 0.25) is 0 Å². The first kappa shape index (κ1) is 6.89. The van der Waals surface area contributed by atoms with Gasteiger partial charge in [0.15, 0.2) is 0 Å². The number of halogens is 1. The van der Waals surface area contributed by atoms with Crippen molar-refractivity contribution in [1.29, 1.82) is 0 Å². The van der Waals surface area contributed by atoms with Gasteiger partial charge in [-0.25, -0.2) is 4.42 Å². The van der Waals surface area contributed by atoms with Crippen molar-refractivity contribution in [2.75, 3.05) is 0 Å². The summed E-state index contributed by atoms with van der Waals surface area (Å²) in [5.41, 5.74) is 0. The summed E-state index contributed by atoms with van der Waals surface area (Å²) < 4.78 is 1.91. The standard InChI is InChI=1S/C7H12ClNO/c8-9-5-1-2-6(9)4-7(10)3-5/h5-7,10H,1-4H2/t5-,6+,7?. The first-order valence-corrected chi connectivity index (χ1v) is 4.23. The molecule has 2 heterocycles. The second-order valence-corrected chi connectivity index (χ2v) is 3.74. The van der Waals surface area contributed by atoms with E-state index in [1.54, 1.807) is 0 Å². The van der Waals surface area contributed by atoms with Crippen LogP contribution in [-0.2, 0) is 0 Å². The second kappa shape index (κ2) is 2.36. The first-order valence-electron chi connectivity index (χ1n) is 3.89. The molecule has 1 N–H and O–H groups in total. The van der Waals surface area contributed by atoms with Gasteiger partial charge in [0.05, 0.1) is 6.10 Å². The number of hydrogen-bond acceptors (Lipinski definition) is 2. The molecule has 0 aromatic heterocycles. The van der Waals surface area contributed by atoms with Gasteiger partial charge >= 0.3 is 0 Å². The van der Waals surface area contributed by atoms with E-state index in [-0.39, 0.29) is 6.10 Å². The molecule has 2 saturated heterocycles. The smallest absolute Gasteiger partial charge is 0.0571 e. The molecular weight excluding hydrogens is 150 g/mol. The number of hydrogen-bond donors (Lipinski definition) is 1. The molecule has 0 spiro atoms. The van der Waals surface area contributed by atoms with Crippen molar-refractivity contribution < 1.29 is 5.11 Å². The van der Waals surface area contributed by atoms with Crippen LogP contribution in [0.5, 0.6) is 0 Å². The summed E-state index contributed by atoms with van der Waals surface area (Å²) in [5, 5.41) is 9.32. The zero-order valence-corrected chi connectivity index (χ0v) is 6.59. The summed E-state index contributed by atoms with van der Waals surface area (Å²) in [6.07, 6.45) is 4.00. The highest BCUT2D eigenvalue weighted by atomic mass is 35.5. The van der Waals surface area contributed by atoms with Gasteiger partial charge < -0.3 is 5.11 Å². The van der Waals surface area contributed by atoms with Crippen molar-refractivity contribution >= 4 is 11.8 Å². The van der Waals surface area contributed by atoms with Crippen LogP contribution in [0.4, 0.5) is 0 Å². The van der Waals surface area contributed by atoms with E-state index >= 15 is 0 Å². The van der Waals surface area contributed by atoms with Crippen LogP contribution >= 0.6 is 11.8 Å². The van der Waals surface area contributed by atoms with E-state index in [0.29, 0.717) is 12.1 Å². The van der Waals surface area contributed by atoms with Gasteiger partial charge in [-0.2, -0.15) is 0 Å². The molecule has 0 aromatic carbocycles. The maximum Gasteiger partial charge on any atom is 0.0571 e. The Morgan fingerprint density at radius 1 is 1.20 bits per heavy atom. The van der Waals surface area contributed by atoms with Crippen LogP contribution in [0.1, 0.15) is 25.7 Å². The number of aliphatic hydroxyl groups is 1. The zero-order chi connectivity index (χ0) is 7.14. The molecule has 10 heavy (non-hydrogen) atoms. The van der Waals surface area contributed by atoms with Crippen molar-refractivity contribution in [3.05, 3.63) is 0 Å². The van der Waals surface area contributed by atoms with E-state index < -0.39 is 0 Å². The normalized spacial score (nSPS) is 48.0. The monoisotopic (exact) mass is 161 g/mol. The van der Waals surface area contributed by atoms with Crippen LogP contribution in [-0.4, -0.2) is 27.7 Å². The molecule has 0 aromatic rings. The molecular formula is C7H12ClNO. The van der Waals surface area contributed by atoms with Gasteiger partial charge in [0, 0.05) is 12.1 Å². The van der Waals surface area contributed by atoms with Crippen LogP contribution in [0.15, 0.2) is 0 Å². The lowest BCUT2D eigenvalue weighted by molar-refractivity contribution is 0.0780. The van der Waals surface area contributed by atoms with E-state index in [1.165, 1.54) is 12.8 Å². The number of nitrogens with zero attached hydrogens (tertiary/aromatic N) is 1. The Kier molecular flexibility index (Phi) is 1.63. The molecule has 1 unspecified atom stereocenters. The van der Waals surface area contributed by atoms with Gasteiger partial charge in [-0.1, -0.05) is 0 Å². The lowest BCUT2D eigenvalue weighted by atomic mass is 10.0. The van der Waals surface area contributed by atoms with Gasteiger partial charge in [0.25, 0.3) is 0 Å². The van der Waals surface area contributed by atoms with E-state index in [1.807, 2.05) is 4.42 Å². The Balaban J connectivity index is 2.09. The van der Waals surface area contributed by atoms with Crippen molar-refractivity contribution in [2.45, 2.75) is 43.9 Å². The first-order chi connectivity index (χ1) is 4.77. The van der Waals surface area contributed by atoms with E-state index in [2.05, 4.69) is 0 Å². The summed E-state index contributed by atoms with van der Waals surface area (Å²) in [7, 11) is 0. The zero-order valence-electron chi connectivity index (χ0n) is 5.83. The van der Waals surface area contributed by atoms with Crippen LogP contribution in [0.25, 0.3) is 0 Å². The minimum Gasteiger partial charge on any atom is -0.393 e. The minimum absolute atomic E-state index is 0.0903. The highest BCUT2D eigenvalue weighted by molar-refractivity contribution is 6.14. The van der Waals surface area contributed by atoms with E-state index in [4.69, 9.17) is 11.8 Å². The Morgan fingerprint density at radius 3 is 2.20 bits per heavy atom. The SMILES string of the molecule is OC1C[C@H]2CC[C@@H](C1)N2Cl. The third kappa shape index (κ3) is 0.949. The number of fused-ring (bicyclic) bond motifs is 2. The van der Waals surface area contributed by atoms with Gasteiger partial charge in [-0.05, 0) is 37.5 Å². The quantitative estimate of drug-likeness (QED) is 0.539. The van der Waals surface area contributed by atoms with Gasteiger partial charge in [0.1, 0.15) is 0 Å². The van der Waals surface area contributed by atoms with Gasteiger partial charge in [0.2, 0.25) is 0 Å². The Morgan fingerprint density at radius 2 is 1.70 bits per heavy atom. The molecule has 58 valence electrons. The highest BCUT2D eigenvalue weighted by Crippen LogP contribution is 2.36. The molecule has 2 bridgehead atoms. The largest absolute Gasteiger partial charge is 0.393 e. The molecule has 0 saturated carbocycles. The van der Waals surface area contributed by atoms with E-state index in [9.17, 15) is 5.11 Å². The molecule has 2 aliphatic rings. The number of aliphatic hydroxyl groups excluding tert-OH is 1. The molecule has 2 rings (SSSR count). The van der Waals surface area contributed by atoms with Crippen LogP contribution < -0.4 is 0 Å². The van der Waals surface area contributed by atoms with Gasteiger partial charge in [-0.15, -0.1) is 0 Å². The molecule has 3 heteroatoms. The Labute approximate surface area is 65.9 Å². The van der Waals surface area contributed by atoms with Crippen molar-refractivity contribution in [3.63, 3.8) is 0 Å². The average Bonchev–Trinajstić information content (AvgIpc) is 2.20. The third-order valence-electron chi connectivity index (χ3n) is 2.62. The number of rotatable bonds is 0. The Hall–Kier alpha value is 0.210. The van der Waals surface area contributed by atoms with Crippen molar-refractivity contribution in [2.24, 2.45) is 0 Å². The summed E-state index contributed by atoms with van der Waals surface area (Å²) in [5.74, 6) is 0. The highest BCUT2D eigenvalue weighted by Gasteiger charge is 2.39. The maximum atomic E-state index is 9.32. The fourth-order valence-electron chi connectivity index (χ4n) is 2.09. The predicted octanol–water partition coefficient (Wildman–Crippen LogP) is 1.13. The molecule has 2 fully saturated rings. The molecule has 0 amide bonds. The van der Waals surface area contributed by atoms with E-state index in [0.717, 1.165) is 12.8 Å². The van der Waals surface area contributed by atoms with Gasteiger partial charge in [-0.3, -0.25) is 0 Å². The summed E-state index contributed by atoms with van der Waals surface area (Å²) in [6, 6.07) is 0.908. The van der Waals surface area contributed by atoms with Crippen LogP contribution in [0, 0.1) is 0 Å². The van der Waals surface area contributed by atoms with Crippen molar-refractivity contribution in [3.8, 4) is 0 Å². The molecule has 3 atom stereocenters. The van der Waals surface area contributed by atoms with Crippen molar-refractivity contribution in [1.82, 2.24) is 4.42 Å². The molecule has 2 aliphatic heterocycles. The Bertz CT molecular complexity index is 128. The summed E-state index contributed by atoms with van der Waals surface area (Å²) in [6.45, 7) is 0. The lowest BCUT2D eigenvalue weighted by Gasteiger charge is -2.31. The molecule has 2 nitrogen and oxygen atoms in total. The molecule has 0 aliphatic carbocycles. The lowest BCUT2D eigenvalue weighted by Crippen LogP contribution is -2.38. The average molecular weight is 162 g/mol. The fourth-order valence-corrected chi connectivity index (χ4v) is 2.45. The fraction of sp³-hybridized carbons (Fsp3) is 1.00. The number of piperidine rings is 1. The summed E-state index contributed by atoms with van der Waals surface area (Å²) >= 11 is 5.97. The predicted molar refractivity (Wildman–Crippen MR) is 39.7 cm³/mol.